The van der Waals surface area contributed by atoms with Crippen LogP contribution < -0.4 is 5.32 Å². The van der Waals surface area contributed by atoms with Crippen molar-refractivity contribution in [1.29, 1.82) is 0 Å². The third-order valence-corrected chi connectivity index (χ3v) is 1.50. The van der Waals surface area contributed by atoms with Crippen LogP contribution >= 0.6 is 0 Å². The summed E-state index contributed by atoms with van der Waals surface area (Å²) in [6, 6.07) is 0. The van der Waals surface area contributed by atoms with Gasteiger partial charge < -0.3 is 15.2 Å². The lowest BCUT2D eigenvalue weighted by Crippen LogP contribution is -2.46. The van der Waals surface area contributed by atoms with E-state index < -0.39 is 5.72 Å². The first-order valence-electron chi connectivity index (χ1n) is 3.11. The van der Waals surface area contributed by atoms with Crippen LogP contribution in [0.3, 0.4) is 0 Å². The highest BCUT2D eigenvalue weighted by Crippen LogP contribution is 2.09. The first kappa shape index (κ1) is 7.31. The molecule has 0 spiro atoms. The molecule has 0 aromatic carbocycles. The van der Waals surface area contributed by atoms with E-state index in [0.29, 0.717) is 0 Å². The van der Waals surface area contributed by atoms with Crippen LogP contribution in [-0.2, 0) is 4.74 Å². The molecule has 56 valence electrons. The van der Waals surface area contributed by atoms with Gasteiger partial charge in [0.25, 0.3) is 0 Å². The number of hydrogen-bond donors (Lipinski definition) is 2. The summed E-state index contributed by atoms with van der Waals surface area (Å²) < 4.78 is 5.03. The first-order valence-corrected chi connectivity index (χ1v) is 3.11. The van der Waals surface area contributed by atoms with Crippen molar-refractivity contribution in [1.82, 2.24) is 5.32 Å². The number of dihydropyridines is 1. The average Bonchev–Trinajstić information content (AvgIpc) is 2.06. The molecule has 0 amide bonds. The van der Waals surface area contributed by atoms with Crippen molar-refractivity contribution in [2.75, 3.05) is 13.7 Å². The second-order valence-electron chi connectivity index (χ2n) is 2.11. The number of ether oxygens (including phenoxy) is 1. The lowest BCUT2D eigenvalue weighted by Gasteiger charge is -2.28. The lowest BCUT2D eigenvalue weighted by atomic mass is 10.2. The Hall–Kier alpha value is -0.800. The van der Waals surface area contributed by atoms with Crippen molar-refractivity contribution >= 4 is 0 Å². The molecular weight excluding hydrogens is 130 g/mol. The molecule has 1 heterocycles. The molecule has 1 atom stereocenters. The topological polar surface area (TPSA) is 41.5 Å². The van der Waals surface area contributed by atoms with Crippen LogP contribution in [0.4, 0.5) is 0 Å². The molecule has 0 radical (unpaired) electrons. The summed E-state index contributed by atoms with van der Waals surface area (Å²) >= 11 is 0. The Morgan fingerprint density at radius 1 is 1.60 bits per heavy atom. The molecule has 2 N–H and O–H groups in total. The van der Waals surface area contributed by atoms with Crippen LogP contribution in [0.25, 0.3) is 0 Å². The maximum absolute atomic E-state index is 8.87. The van der Waals surface area contributed by atoms with E-state index >= 15 is 0 Å². The Balaban J connectivity index is 2.66. The molecular formula is C7H11NO2. The summed E-state index contributed by atoms with van der Waals surface area (Å²) in [6.07, 6.45) is 7.18. The van der Waals surface area contributed by atoms with Gasteiger partial charge in [-0.05, 0) is 18.4 Å². The summed E-state index contributed by atoms with van der Waals surface area (Å²) in [5.41, 5.74) is -0.700. The number of methoxy groups -OCH3 is 1. The number of aliphatic hydroxyl groups excluding tert-OH is 1. The van der Waals surface area contributed by atoms with Crippen LogP contribution in [0.2, 0.25) is 0 Å². The van der Waals surface area contributed by atoms with Gasteiger partial charge in [0.1, 0.15) is 0 Å². The molecule has 1 aliphatic rings. The molecule has 1 rings (SSSR count). The first-order chi connectivity index (χ1) is 4.83. The summed E-state index contributed by atoms with van der Waals surface area (Å²) in [5, 5.41) is 11.8. The monoisotopic (exact) mass is 141 g/mol. The van der Waals surface area contributed by atoms with Crippen LogP contribution in [0.5, 0.6) is 0 Å². The average molecular weight is 141 g/mol. The third kappa shape index (κ3) is 1.20. The maximum Gasteiger partial charge on any atom is 0.180 e. The Morgan fingerprint density at radius 3 is 2.70 bits per heavy atom. The van der Waals surface area contributed by atoms with Crippen LogP contribution in [0.1, 0.15) is 0 Å². The van der Waals surface area contributed by atoms with Gasteiger partial charge >= 0.3 is 0 Å². The molecule has 0 saturated carbocycles. The fourth-order valence-corrected chi connectivity index (χ4v) is 0.794. The van der Waals surface area contributed by atoms with E-state index in [1.54, 1.807) is 19.4 Å². The maximum atomic E-state index is 8.87. The zero-order chi connectivity index (χ0) is 7.45. The van der Waals surface area contributed by atoms with Gasteiger partial charge in [-0.1, -0.05) is 6.08 Å². The van der Waals surface area contributed by atoms with Gasteiger partial charge in [-0.3, -0.25) is 0 Å². The number of hydrogen-bond acceptors (Lipinski definition) is 3. The smallest absolute Gasteiger partial charge is 0.180 e. The normalized spacial score (nSPS) is 30.2. The molecule has 3 heteroatoms. The van der Waals surface area contributed by atoms with Crippen molar-refractivity contribution < 1.29 is 9.84 Å². The molecule has 0 aromatic heterocycles. The standard InChI is InChI=1S/C7H11NO2/c1-10-7(6-9)4-2-3-5-8-7/h2-5,8-9H,6H2,1H3. The number of nitrogens with one attached hydrogen (secondary N) is 1. The molecule has 10 heavy (non-hydrogen) atoms. The van der Waals surface area contributed by atoms with E-state index in [-0.39, 0.29) is 6.61 Å². The molecule has 3 nitrogen and oxygen atoms in total. The van der Waals surface area contributed by atoms with Gasteiger partial charge in [-0.25, -0.2) is 0 Å². The molecule has 0 bridgehead atoms. The van der Waals surface area contributed by atoms with E-state index in [2.05, 4.69) is 5.32 Å². The van der Waals surface area contributed by atoms with E-state index in [4.69, 9.17) is 9.84 Å². The zero-order valence-electron chi connectivity index (χ0n) is 5.87. The van der Waals surface area contributed by atoms with Crippen LogP contribution in [-0.4, -0.2) is 24.5 Å². The second-order valence-corrected chi connectivity index (χ2v) is 2.11. The molecule has 0 saturated heterocycles. The molecule has 0 fully saturated rings. The minimum absolute atomic E-state index is 0.0651. The highest BCUT2D eigenvalue weighted by Gasteiger charge is 2.24. The number of aliphatic hydroxyl groups is 1. The van der Waals surface area contributed by atoms with E-state index in [1.165, 1.54) is 0 Å². The zero-order valence-corrected chi connectivity index (χ0v) is 5.87. The SMILES string of the molecule is COC1(CO)C=CC=CN1. The van der Waals surface area contributed by atoms with Gasteiger partial charge in [-0.2, -0.15) is 0 Å². The molecule has 0 aromatic rings. The van der Waals surface area contributed by atoms with E-state index in [9.17, 15) is 0 Å². The van der Waals surface area contributed by atoms with E-state index in [0.717, 1.165) is 0 Å². The van der Waals surface area contributed by atoms with Crippen molar-refractivity contribution in [3.8, 4) is 0 Å². The Bertz CT molecular complexity index is 159. The summed E-state index contributed by atoms with van der Waals surface area (Å²) in [4.78, 5) is 0. The fourth-order valence-electron chi connectivity index (χ4n) is 0.794. The highest BCUT2D eigenvalue weighted by atomic mass is 16.5. The molecule has 1 unspecified atom stereocenters. The van der Waals surface area contributed by atoms with Crippen molar-refractivity contribution in [2.24, 2.45) is 0 Å². The quantitative estimate of drug-likeness (QED) is 0.568. The fraction of sp³-hybridized carbons (Fsp3) is 0.429. The Labute approximate surface area is 60.0 Å². The minimum atomic E-state index is -0.700. The predicted molar refractivity (Wildman–Crippen MR) is 38.2 cm³/mol. The lowest BCUT2D eigenvalue weighted by molar-refractivity contribution is -0.0305. The van der Waals surface area contributed by atoms with Gasteiger partial charge in [0, 0.05) is 7.11 Å². The van der Waals surface area contributed by atoms with Gasteiger partial charge in [0.2, 0.25) is 0 Å². The van der Waals surface area contributed by atoms with Crippen molar-refractivity contribution in [3.63, 3.8) is 0 Å². The molecule has 1 aliphatic heterocycles. The van der Waals surface area contributed by atoms with Crippen LogP contribution in [0, 0.1) is 0 Å². The largest absolute Gasteiger partial charge is 0.391 e. The Kier molecular flexibility index (Phi) is 2.09. The third-order valence-electron chi connectivity index (χ3n) is 1.50. The van der Waals surface area contributed by atoms with Crippen LogP contribution in [0.15, 0.2) is 24.4 Å². The van der Waals surface area contributed by atoms with Crippen molar-refractivity contribution in [2.45, 2.75) is 5.72 Å². The summed E-state index contributed by atoms with van der Waals surface area (Å²) in [5.74, 6) is 0. The van der Waals surface area contributed by atoms with Gasteiger partial charge in [0.15, 0.2) is 5.72 Å². The number of rotatable bonds is 2. The Morgan fingerprint density at radius 2 is 2.40 bits per heavy atom. The van der Waals surface area contributed by atoms with Gasteiger partial charge in [0.05, 0.1) is 6.61 Å². The minimum Gasteiger partial charge on any atom is -0.391 e. The highest BCUT2D eigenvalue weighted by molar-refractivity contribution is 5.15. The second kappa shape index (κ2) is 2.86. The van der Waals surface area contributed by atoms with Gasteiger partial charge in [-0.15, -0.1) is 0 Å². The van der Waals surface area contributed by atoms with Crippen molar-refractivity contribution in [3.05, 3.63) is 24.4 Å². The summed E-state index contributed by atoms with van der Waals surface area (Å²) in [7, 11) is 1.55. The summed E-state index contributed by atoms with van der Waals surface area (Å²) in [6.45, 7) is -0.0651. The predicted octanol–water partition coefficient (Wildman–Crippen LogP) is -0.00550. The van der Waals surface area contributed by atoms with E-state index in [1.807, 2.05) is 12.2 Å². The number of allylic oxidation sites excluding steroid dienone is 2. The molecule has 0 aliphatic carbocycles.